The van der Waals surface area contributed by atoms with Gasteiger partial charge in [-0.15, -0.1) is 0 Å². The summed E-state index contributed by atoms with van der Waals surface area (Å²) >= 11 is 3.33. The Bertz CT molecular complexity index is 417. The lowest BCUT2D eigenvalue weighted by Gasteiger charge is -2.19. The molecule has 1 fully saturated rings. The number of likely N-dealkylation sites (tertiary alicyclic amines) is 1. The maximum absolute atomic E-state index is 12.2. The summed E-state index contributed by atoms with van der Waals surface area (Å²) in [5.74, 6) is 0.0828. The second-order valence-electron chi connectivity index (χ2n) is 5.03. The van der Waals surface area contributed by atoms with Crippen LogP contribution in [0.3, 0.4) is 0 Å². The van der Waals surface area contributed by atoms with Crippen molar-refractivity contribution in [2.45, 2.75) is 20.3 Å². The highest BCUT2D eigenvalue weighted by Gasteiger charge is 2.32. The topological polar surface area (TPSA) is 33.2 Å². The molecule has 0 aliphatic carbocycles. The van der Waals surface area contributed by atoms with E-state index < -0.39 is 0 Å². The van der Waals surface area contributed by atoms with E-state index in [-0.39, 0.29) is 11.3 Å². The molecule has 3 nitrogen and oxygen atoms in total. The van der Waals surface area contributed by atoms with Gasteiger partial charge in [0, 0.05) is 30.0 Å². The lowest BCUT2D eigenvalue weighted by atomic mass is 9.93. The van der Waals surface area contributed by atoms with Crippen molar-refractivity contribution in [1.29, 1.82) is 0 Å². The first-order chi connectivity index (χ1) is 7.48. The number of nitrogens with zero attached hydrogens (tertiary/aromatic N) is 2. The van der Waals surface area contributed by atoms with Gasteiger partial charge in [-0.2, -0.15) is 0 Å². The van der Waals surface area contributed by atoms with E-state index in [0.717, 1.165) is 24.0 Å². The molecule has 1 aromatic rings. The van der Waals surface area contributed by atoms with Crippen LogP contribution in [0.2, 0.25) is 0 Å². The van der Waals surface area contributed by atoms with Crippen molar-refractivity contribution >= 4 is 21.8 Å². The summed E-state index contributed by atoms with van der Waals surface area (Å²) < 4.78 is 0.844. The number of carbonyl (C=O) groups is 1. The van der Waals surface area contributed by atoms with Gasteiger partial charge in [-0.3, -0.25) is 9.78 Å². The maximum atomic E-state index is 12.2. The molecule has 0 aromatic carbocycles. The van der Waals surface area contributed by atoms with Gasteiger partial charge in [0.15, 0.2) is 0 Å². The molecule has 0 radical (unpaired) electrons. The van der Waals surface area contributed by atoms with Crippen LogP contribution in [0.1, 0.15) is 30.6 Å². The molecule has 1 amide bonds. The van der Waals surface area contributed by atoms with Crippen LogP contribution < -0.4 is 0 Å². The zero-order chi connectivity index (χ0) is 11.8. The van der Waals surface area contributed by atoms with Crippen LogP contribution in [0, 0.1) is 5.41 Å². The third kappa shape index (κ3) is 2.43. The molecular weight excluding hydrogens is 268 g/mol. The minimum absolute atomic E-state index is 0.0828. The van der Waals surface area contributed by atoms with Crippen molar-refractivity contribution < 1.29 is 4.79 Å². The molecule has 1 aliphatic rings. The summed E-state index contributed by atoms with van der Waals surface area (Å²) in [7, 11) is 0. The fraction of sp³-hybridized carbons (Fsp3) is 0.500. The third-order valence-corrected chi connectivity index (χ3v) is 3.35. The van der Waals surface area contributed by atoms with Gasteiger partial charge in [-0.1, -0.05) is 13.8 Å². The lowest BCUT2D eigenvalue weighted by molar-refractivity contribution is 0.0778. The Morgan fingerprint density at radius 3 is 2.81 bits per heavy atom. The SMILES string of the molecule is CC1(C)CCN(C(=O)c2cncc(Br)c2)C1. The highest BCUT2D eigenvalue weighted by atomic mass is 79.9. The average molecular weight is 283 g/mol. The molecule has 1 aliphatic heterocycles. The van der Waals surface area contributed by atoms with E-state index in [4.69, 9.17) is 0 Å². The van der Waals surface area contributed by atoms with Gasteiger partial charge < -0.3 is 4.90 Å². The largest absolute Gasteiger partial charge is 0.338 e. The third-order valence-electron chi connectivity index (χ3n) is 2.92. The second kappa shape index (κ2) is 4.17. The van der Waals surface area contributed by atoms with Crippen LogP contribution in [0.15, 0.2) is 22.9 Å². The maximum Gasteiger partial charge on any atom is 0.255 e. The van der Waals surface area contributed by atoms with Crippen molar-refractivity contribution in [3.63, 3.8) is 0 Å². The molecule has 0 spiro atoms. The van der Waals surface area contributed by atoms with Crippen LogP contribution in [0.25, 0.3) is 0 Å². The van der Waals surface area contributed by atoms with Crippen LogP contribution in [-0.2, 0) is 0 Å². The van der Waals surface area contributed by atoms with Gasteiger partial charge in [0.1, 0.15) is 0 Å². The zero-order valence-corrected chi connectivity index (χ0v) is 11.1. The normalized spacial score (nSPS) is 18.8. The van der Waals surface area contributed by atoms with Gasteiger partial charge in [-0.05, 0) is 33.8 Å². The molecule has 0 atom stereocenters. The first-order valence-corrected chi connectivity index (χ1v) is 6.17. The van der Waals surface area contributed by atoms with E-state index >= 15 is 0 Å². The van der Waals surface area contributed by atoms with Gasteiger partial charge in [-0.25, -0.2) is 0 Å². The monoisotopic (exact) mass is 282 g/mol. The molecule has 4 heteroatoms. The number of amides is 1. The van der Waals surface area contributed by atoms with Crippen LogP contribution in [-0.4, -0.2) is 28.9 Å². The standard InChI is InChI=1S/C12H15BrN2O/c1-12(2)3-4-15(8-12)11(16)9-5-10(13)7-14-6-9/h5-7H,3-4,8H2,1-2H3. The van der Waals surface area contributed by atoms with Crippen LogP contribution in [0.5, 0.6) is 0 Å². The van der Waals surface area contributed by atoms with Crippen molar-refractivity contribution in [2.24, 2.45) is 5.41 Å². The number of aromatic nitrogens is 1. The summed E-state index contributed by atoms with van der Waals surface area (Å²) in [5, 5.41) is 0. The molecule has 0 N–H and O–H groups in total. The second-order valence-corrected chi connectivity index (χ2v) is 5.95. The predicted octanol–water partition coefficient (Wildman–Crippen LogP) is 2.72. The highest BCUT2D eigenvalue weighted by Crippen LogP contribution is 2.29. The summed E-state index contributed by atoms with van der Waals surface area (Å²) in [6.07, 6.45) is 4.38. The Hall–Kier alpha value is -0.900. The highest BCUT2D eigenvalue weighted by molar-refractivity contribution is 9.10. The summed E-state index contributed by atoms with van der Waals surface area (Å²) in [4.78, 5) is 18.1. The fourth-order valence-corrected chi connectivity index (χ4v) is 2.36. The molecule has 86 valence electrons. The van der Waals surface area contributed by atoms with Crippen LogP contribution in [0.4, 0.5) is 0 Å². The van der Waals surface area contributed by atoms with Crippen molar-refractivity contribution in [3.8, 4) is 0 Å². The molecule has 2 heterocycles. The van der Waals surface area contributed by atoms with E-state index in [2.05, 4.69) is 34.8 Å². The molecule has 0 bridgehead atoms. The van der Waals surface area contributed by atoms with E-state index in [0.29, 0.717) is 5.56 Å². The smallest absolute Gasteiger partial charge is 0.255 e. The molecule has 1 saturated heterocycles. The lowest BCUT2D eigenvalue weighted by Crippen LogP contribution is -2.30. The minimum Gasteiger partial charge on any atom is -0.338 e. The van der Waals surface area contributed by atoms with Crippen molar-refractivity contribution in [3.05, 3.63) is 28.5 Å². The molecular formula is C12H15BrN2O. The number of halogens is 1. The van der Waals surface area contributed by atoms with Gasteiger partial charge in [0.05, 0.1) is 5.56 Å². The Kier molecular flexibility index (Phi) is 3.02. The van der Waals surface area contributed by atoms with E-state index in [1.165, 1.54) is 0 Å². The van der Waals surface area contributed by atoms with Gasteiger partial charge >= 0.3 is 0 Å². The molecule has 1 aromatic heterocycles. The Morgan fingerprint density at radius 2 is 2.25 bits per heavy atom. The molecule has 16 heavy (non-hydrogen) atoms. The van der Waals surface area contributed by atoms with Crippen molar-refractivity contribution in [1.82, 2.24) is 9.88 Å². The Balaban J connectivity index is 2.15. The fourth-order valence-electron chi connectivity index (χ4n) is 2.00. The predicted molar refractivity (Wildman–Crippen MR) is 66.2 cm³/mol. The number of carbonyl (C=O) groups excluding carboxylic acids is 1. The quantitative estimate of drug-likeness (QED) is 0.794. The first-order valence-electron chi connectivity index (χ1n) is 5.38. The number of rotatable bonds is 1. The van der Waals surface area contributed by atoms with E-state index in [9.17, 15) is 4.79 Å². The summed E-state index contributed by atoms with van der Waals surface area (Å²) in [6.45, 7) is 6.07. The molecule has 0 saturated carbocycles. The average Bonchev–Trinajstić information content (AvgIpc) is 2.58. The number of pyridine rings is 1. The minimum atomic E-state index is 0.0828. The Morgan fingerprint density at radius 1 is 1.50 bits per heavy atom. The Labute approximate surface area is 104 Å². The number of hydrogen-bond acceptors (Lipinski definition) is 2. The first kappa shape index (κ1) is 11.6. The van der Waals surface area contributed by atoms with E-state index in [1.807, 2.05) is 11.0 Å². The molecule has 0 unspecified atom stereocenters. The van der Waals surface area contributed by atoms with E-state index in [1.54, 1.807) is 12.4 Å². The molecule has 2 rings (SSSR count). The van der Waals surface area contributed by atoms with Gasteiger partial charge in [0.25, 0.3) is 5.91 Å². The number of hydrogen-bond donors (Lipinski definition) is 0. The zero-order valence-electron chi connectivity index (χ0n) is 9.53. The van der Waals surface area contributed by atoms with Crippen LogP contribution >= 0.6 is 15.9 Å². The summed E-state index contributed by atoms with van der Waals surface area (Å²) in [5.41, 5.74) is 0.904. The van der Waals surface area contributed by atoms with Crippen molar-refractivity contribution in [2.75, 3.05) is 13.1 Å². The summed E-state index contributed by atoms with van der Waals surface area (Å²) in [6, 6.07) is 1.82. The van der Waals surface area contributed by atoms with Gasteiger partial charge in [0.2, 0.25) is 0 Å².